The van der Waals surface area contributed by atoms with E-state index in [1.165, 1.54) is 11.8 Å². The van der Waals surface area contributed by atoms with Crippen molar-refractivity contribution in [1.29, 1.82) is 0 Å². The minimum absolute atomic E-state index is 0.00889. The smallest absolute Gasteiger partial charge is 0.444 e. The van der Waals surface area contributed by atoms with Gasteiger partial charge in [-0.15, -0.1) is 0 Å². The zero-order valence-electron chi connectivity index (χ0n) is 12.7. The molecule has 0 bridgehead atoms. The molecule has 1 aliphatic rings. The SMILES string of the molecule is CC1=C(OS(=O)(=O)C(F)(F)F)CCN(C(=O)OC(C)(C)C)C1. The molecule has 0 saturated carbocycles. The summed E-state index contributed by atoms with van der Waals surface area (Å²) in [5.74, 6) is -0.294. The molecular weight excluding hydrogens is 327 g/mol. The van der Waals surface area contributed by atoms with Crippen molar-refractivity contribution in [3.8, 4) is 0 Å². The first kappa shape index (κ1) is 18.6. The monoisotopic (exact) mass is 345 g/mol. The van der Waals surface area contributed by atoms with Gasteiger partial charge in [0.15, 0.2) is 0 Å². The molecule has 0 aliphatic carbocycles. The predicted octanol–water partition coefficient (Wildman–Crippen LogP) is 2.77. The van der Waals surface area contributed by atoms with Crippen molar-refractivity contribution in [2.75, 3.05) is 13.1 Å². The Morgan fingerprint density at radius 2 is 1.77 bits per heavy atom. The van der Waals surface area contributed by atoms with Crippen LogP contribution in [0.4, 0.5) is 18.0 Å². The highest BCUT2D eigenvalue weighted by Crippen LogP contribution is 2.30. The zero-order chi connectivity index (χ0) is 17.3. The van der Waals surface area contributed by atoms with E-state index >= 15 is 0 Å². The Morgan fingerprint density at radius 3 is 2.18 bits per heavy atom. The highest BCUT2D eigenvalue weighted by molar-refractivity contribution is 7.87. The molecule has 0 spiro atoms. The van der Waals surface area contributed by atoms with E-state index in [0.717, 1.165) is 0 Å². The molecule has 0 atom stereocenters. The summed E-state index contributed by atoms with van der Waals surface area (Å²) in [4.78, 5) is 13.1. The largest absolute Gasteiger partial charge is 0.534 e. The van der Waals surface area contributed by atoms with Gasteiger partial charge in [-0.05, 0) is 33.3 Å². The number of rotatable bonds is 2. The highest BCUT2D eigenvalue weighted by Gasteiger charge is 2.49. The van der Waals surface area contributed by atoms with Crippen LogP contribution in [0.25, 0.3) is 0 Å². The van der Waals surface area contributed by atoms with Gasteiger partial charge < -0.3 is 13.8 Å². The van der Waals surface area contributed by atoms with Crippen LogP contribution in [0.2, 0.25) is 0 Å². The van der Waals surface area contributed by atoms with E-state index in [9.17, 15) is 26.4 Å². The average Bonchev–Trinajstić information content (AvgIpc) is 2.27. The second kappa shape index (κ2) is 5.98. The Kier molecular flexibility index (Phi) is 5.05. The van der Waals surface area contributed by atoms with Gasteiger partial charge in [0.25, 0.3) is 0 Å². The molecule has 6 nitrogen and oxygen atoms in total. The van der Waals surface area contributed by atoms with Crippen molar-refractivity contribution in [3.63, 3.8) is 0 Å². The maximum atomic E-state index is 12.3. The van der Waals surface area contributed by atoms with Crippen LogP contribution in [0.1, 0.15) is 34.1 Å². The average molecular weight is 345 g/mol. The molecule has 0 fully saturated rings. The minimum atomic E-state index is -5.69. The molecule has 0 aromatic carbocycles. The minimum Gasteiger partial charge on any atom is -0.444 e. The van der Waals surface area contributed by atoms with E-state index in [2.05, 4.69) is 4.18 Å². The summed E-state index contributed by atoms with van der Waals surface area (Å²) in [5, 5.41) is 0. The number of ether oxygens (including phenoxy) is 1. The van der Waals surface area contributed by atoms with Crippen LogP contribution in [0, 0.1) is 0 Å². The molecule has 0 saturated heterocycles. The van der Waals surface area contributed by atoms with E-state index in [1.54, 1.807) is 20.8 Å². The number of nitrogens with zero attached hydrogens (tertiary/aromatic N) is 1. The summed E-state index contributed by atoms with van der Waals surface area (Å²) >= 11 is 0. The molecule has 10 heteroatoms. The Morgan fingerprint density at radius 1 is 1.23 bits per heavy atom. The fourth-order valence-electron chi connectivity index (χ4n) is 1.68. The molecule has 0 N–H and O–H groups in total. The lowest BCUT2D eigenvalue weighted by atomic mass is 10.1. The van der Waals surface area contributed by atoms with Crippen molar-refractivity contribution in [1.82, 2.24) is 4.90 Å². The maximum Gasteiger partial charge on any atom is 0.534 e. The van der Waals surface area contributed by atoms with Crippen LogP contribution in [0.5, 0.6) is 0 Å². The number of carbonyl (C=O) groups is 1. The van der Waals surface area contributed by atoms with Crippen LogP contribution in [0.15, 0.2) is 11.3 Å². The molecule has 1 heterocycles. The van der Waals surface area contributed by atoms with Gasteiger partial charge >= 0.3 is 21.7 Å². The van der Waals surface area contributed by atoms with Gasteiger partial charge in [-0.25, -0.2) is 4.79 Å². The molecule has 0 unspecified atom stereocenters. The number of hydrogen-bond donors (Lipinski definition) is 0. The van der Waals surface area contributed by atoms with Gasteiger partial charge in [0.05, 0.1) is 0 Å². The Bertz CT molecular complexity index is 575. The van der Waals surface area contributed by atoms with Crippen LogP contribution < -0.4 is 0 Å². The third-order valence-electron chi connectivity index (χ3n) is 2.66. The fraction of sp³-hybridized carbons (Fsp3) is 0.750. The van der Waals surface area contributed by atoms with Crippen LogP contribution in [0.3, 0.4) is 0 Å². The summed E-state index contributed by atoms with van der Waals surface area (Å²) in [6.07, 6.45) is -0.759. The Balaban J connectivity index is 2.81. The van der Waals surface area contributed by atoms with Crippen molar-refractivity contribution < 1.29 is 35.3 Å². The number of alkyl halides is 3. The molecule has 22 heavy (non-hydrogen) atoms. The number of amides is 1. The van der Waals surface area contributed by atoms with E-state index < -0.39 is 27.3 Å². The zero-order valence-corrected chi connectivity index (χ0v) is 13.5. The first-order valence-electron chi connectivity index (χ1n) is 6.40. The topological polar surface area (TPSA) is 72.9 Å². The van der Waals surface area contributed by atoms with Gasteiger partial charge in [0.1, 0.15) is 11.4 Å². The summed E-state index contributed by atoms with van der Waals surface area (Å²) in [5.41, 5.74) is -5.96. The number of carbonyl (C=O) groups excluding carboxylic acids is 1. The predicted molar refractivity (Wildman–Crippen MR) is 71.2 cm³/mol. The lowest BCUT2D eigenvalue weighted by Gasteiger charge is -2.31. The lowest BCUT2D eigenvalue weighted by Crippen LogP contribution is -2.41. The Labute approximate surface area is 127 Å². The third-order valence-corrected chi connectivity index (χ3v) is 3.65. The van der Waals surface area contributed by atoms with E-state index in [4.69, 9.17) is 4.74 Å². The first-order chi connectivity index (χ1) is 9.73. The van der Waals surface area contributed by atoms with E-state index in [1.807, 2.05) is 0 Å². The maximum absolute atomic E-state index is 12.3. The molecule has 1 rings (SSSR count). The second-order valence-electron chi connectivity index (χ2n) is 5.84. The van der Waals surface area contributed by atoms with Gasteiger partial charge in [0, 0.05) is 19.5 Å². The van der Waals surface area contributed by atoms with Crippen molar-refractivity contribution in [2.24, 2.45) is 0 Å². The van der Waals surface area contributed by atoms with Gasteiger partial charge in [-0.1, -0.05) is 0 Å². The fourth-order valence-corrected chi connectivity index (χ4v) is 2.26. The third kappa shape index (κ3) is 4.79. The molecular formula is C12H18F3NO5S. The van der Waals surface area contributed by atoms with Gasteiger partial charge in [0.2, 0.25) is 0 Å². The first-order valence-corrected chi connectivity index (χ1v) is 7.81. The van der Waals surface area contributed by atoms with Crippen molar-refractivity contribution in [3.05, 3.63) is 11.3 Å². The normalized spacial score (nSPS) is 17.5. The molecule has 1 amide bonds. The van der Waals surface area contributed by atoms with E-state index in [0.29, 0.717) is 0 Å². The summed E-state index contributed by atoms with van der Waals surface area (Å²) in [6, 6.07) is 0. The number of halogens is 3. The van der Waals surface area contributed by atoms with Crippen molar-refractivity contribution >= 4 is 16.2 Å². The lowest BCUT2D eigenvalue weighted by molar-refractivity contribution is -0.0526. The van der Waals surface area contributed by atoms with Crippen LogP contribution in [-0.2, 0) is 19.0 Å². The molecule has 128 valence electrons. The quantitative estimate of drug-likeness (QED) is 0.568. The molecule has 0 radical (unpaired) electrons. The summed E-state index contributed by atoms with van der Waals surface area (Å²) < 4.78 is 68.1. The standard InChI is InChI=1S/C12H18F3NO5S/c1-8-7-16(10(17)20-11(2,3)4)6-5-9(8)21-22(18,19)12(13,14)15/h5-7H2,1-4H3. The van der Waals surface area contributed by atoms with Crippen LogP contribution >= 0.6 is 0 Å². The molecule has 1 aliphatic heterocycles. The molecule has 0 aromatic heterocycles. The highest BCUT2D eigenvalue weighted by atomic mass is 32.2. The van der Waals surface area contributed by atoms with Crippen LogP contribution in [-0.4, -0.2) is 43.6 Å². The summed E-state index contributed by atoms with van der Waals surface area (Å²) in [6.45, 7) is 6.40. The Hall–Kier alpha value is -1.45. The van der Waals surface area contributed by atoms with Gasteiger partial charge in [-0.3, -0.25) is 0 Å². The molecule has 0 aromatic rings. The van der Waals surface area contributed by atoms with Crippen molar-refractivity contribution in [2.45, 2.75) is 45.2 Å². The van der Waals surface area contributed by atoms with E-state index in [-0.39, 0.29) is 30.8 Å². The second-order valence-corrected chi connectivity index (χ2v) is 7.38. The van der Waals surface area contributed by atoms with Gasteiger partial charge in [-0.2, -0.15) is 21.6 Å². The summed E-state index contributed by atoms with van der Waals surface area (Å²) in [7, 11) is -5.69. The number of hydrogen-bond acceptors (Lipinski definition) is 5.